The van der Waals surface area contributed by atoms with Crippen molar-refractivity contribution in [1.82, 2.24) is 0 Å². The molecule has 0 saturated heterocycles. The Kier molecular flexibility index (Phi) is 6.96. The molecule has 0 amide bonds. The molecule has 0 N–H and O–H groups in total. The van der Waals surface area contributed by atoms with Gasteiger partial charge in [0, 0.05) is 4.70 Å². The number of ether oxygens (including phenoxy) is 1. The fourth-order valence-electron chi connectivity index (χ4n) is 2.43. The first-order chi connectivity index (χ1) is 11.9. The zero-order chi connectivity index (χ0) is 18.4. The van der Waals surface area contributed by atoms with E-state index in [1.54, 1.807) is 19.9 Å². The second-order valence-electron chi connectivity index (χ2n) is 5.35. The van der Waals surface area contributed by atoms with Crippen LogP contribution in [0.15, 0.2) is 36.9 Å². The number of thiophene rings is 1. The molecule has 0 saturated carbocycles. The van der Waals surface area contributed by atoms with Crippen LogP contribution in [0.1, 0.15) is 41.7 Å². The Morgan fingerprint density at radius 1 is 1.28 bits per heavy atom. The summed E-state index contributed by atoms with van der Waals surface area (Å²) in [6.07, 6.45) is 1.53. The lowest BCUT2D eigenvalue weighted by Gasteiger charge is -2.23. The van der Waals surface area contributed by atoms with Crippen LogP contribution >= 0.6 is 18.9 Å². The van der Waals surface area contributed by atoms with Gasteiger partial charge in [-0.2, -0.15) is 0 Å². The number of carbonyl (C=O) groups is 1. The minimum absolute atomic E-state index is 0.182. The van der Waals surface area contributed by atoms with Gasteiger partial charge in [-0.1, -0.05) is 18.7 Å². The van der Waals surface area contributed by atoms with Crippen LogP contribution in [0.3, 0.4) is 0 Å². The molecule has 1 atom stereocenters. The van der Waals surface area contributed by atoms with Gasteiger partial charge in [0.15, 0.2) is 0 Å². The highest BCUT2D eigenvalue weighted by Crippen LogP contribution is 2.60. The molecule has 7 heteroatoms. The highest BCUT2D eigenvalue weighted by Gasteiger charge is 2.33. The van der Waals surface area contributed by atoms with E-state index < -0.39 is 13.3 Å². The molecule has 2 rings (SSSR count). The van der Waals surface area contributed by atoms with E-state index in [0.29, 0.717) is 18.1 Å². The molecule has 1 aromatic heterocycles. The molecule has 0 spiro atoms. The van der Waals surface area contributed by atoms with Gasteiger partial charge in [-0.3, -0.25) is 4.57 Å². The van der Waals surface area contributed by atoms with Crippen LogP contribution < -0.4 is 0 Å². The molecular weight excluding hydrogens is 359 g/mol. The first kappa shape index (κ1) is 19.9. The monoisotopic (exact) mass is 382 g/mol. The number of fused-ring (bicyclic) bond motifs is 1. The van der Waals surface area contributed by atoms with Crippen LogP contribution in [-0.2, 0) is 18.3 Å². The van der Waals surface area contributed by atoms with Gasteiger partial charge in [-0.15, -0.1) is 11.3 Å². The average molecular weight is 382 g/mol. The number of hydrogen-bond acceptors (Lipinski definition) is 6. The largest absolute Gasteiger partial charge is 0.457 e. The van der Waals surface area contributed by atoms with E-state index in [-0.39, 0.29) is 12.6 Å². The second kappa shape index (κ2) is 8.77. The van der Waals surface area contributed by atoms with E-state index in [1.165, 1.54) is 17.4 Å². The fraction of sp³-hybridized carbons (Fsp3) is 0.389. The summed E-state index contributed by atoms with van der Waals surface area (Å²) in [5.74, 6) is -0.370. The third-order valence-electron chi connectivity index (χ3n) is 3.65. The van der Waals surface area contributed by atoms with E-state index in [9.17, 15) is 9.36 Å². The zero-order valence-corrected chi connectivity index (χ0v) is 16.4. The van der Waals surface area contributed by atoms with Crippen molar-refractivity contribution in [3.8, 4) is 0 Å². The predicted molar refractivity (Wildman–Crippen MR) is 102 cm³/mol. The van der Waals surface area contributed by atoms with Gasteiger partial charge in [0.25, 0.3) is 0 Å². The zero-order valence-electron chi connectivity index (χ0n) is 14.7. The van der Waals surface area contributed by atoms with E-state index in [0.717, 1.165) is 15.6 Å². The van der Waals surface area contributed by atoms with Crippen molar-refractivity contribution in [2.75, 3.05) is 19.8 Å². The van der Waals surface area contributed by atoms with Crippen LogP contribution in [0, 0.1) is 0 Å². The van der Waals surface area contributed by atoms with Crippen molar-refractivity contribution >= 4 is 35.0 Å². The number of carbonyl (C=O) groups excluding carboxylic acids is 1. The van der Waals surface area contributed by atoms with Gasteiger partial charge in [0.05, 0.1) is 18.9 Å². The van der Waals surface area contributed by atoms with Crippen LogP contribution in [0.5, 0.6) is 0 Å². The number of hydrogen-bond donors (Lipinski definition) is 0. The third kappa shape index (κ3) is 4.59. The molecular formula is C18H23O5PS. The lowest BCUT2D eigenvalue weighted by molar-refractivity contribution is 0.0555. The summed E-state index contributed by atoms with van der Waals surface area (Å²) in [5.41, 5.74) is 0.453. The van der Waals surface area contributed by atoms with Crippen molar-refractivity contribution in [3.63, 3.8) is 0 Å². The Labute approximate surface area is 152 Å². The van der Waals surface area contributed by atoms with Crippen molar-refractivity contribution < 1.29 is 23.1 Å². The molecule has 1 aromatic carbocycles. The molecule has 2 aromatic rings. The lowest BCUT2D eigenvalue weighted by Crippen LogP contribution is -2.03. The minimum atomic E-state index is -3.24. The van der Waals surface area contributed by atoms with E-state index in [2.05, 4.69) is 6.58 Å². The third-order valence-corrected chi connectivity index (χ3v) is 7.23. The Morgan fingerprint density at radius 2 is 1.96 bits per heavy atom. The van der Waals surface area contributed by atoms with Crippen LogP contribution in [-0.4, -0.2) is 25.8 Å². The molecule has 0 fully saturated rings. The standard InChI is InChI=1S/C18H23O5PS/c1-5-10-21-18(19)17-12-15-11-14(8-9-16(15)25-17)13(4)24(20,22-6-2)23-7-3/h5,8-9,11-13H,1,6-7,10H2,2-4H3. The molecule has 1 heterocycles. The first-order valence-corrected chi connectivity index (χ1v) is 10.6. The quantitative estimate of drug-likeness (QED) is 0.322. The second-order valence-corrected chi connectivity index (χ2v) is 8.80. The molecule has 0 aliphatic carbocycles. The highest BCUT2D eigenvalue weighted by molar-refractivity contribution is 7.54. The van der Waals surface area contributed by atoms with E-state index >= 15 is 0 Å². The van der Waals surface area contributed by atoms with Crippen molar-refractivity contribution in [1.29, 1.82) is 0 Å². The van der Waals surface area contributed by atoms with Gasteiger partial charge in [0.2, 0.25) is 0 Å². The summed E-state index contributed by atoms with van der Waals surface area (Å²) in [6.45, 7) is 9.77. The maximum atomic E-state index is 13.0. The molecule has 0 aliphatic rings. The lowest BCUT2D eigenvalue weighted by atomic mass is 10.1. The maximum Gasteiger partial charge on any atom is 0.348 e. The normalized spacial score (nSPS) is 12.9. The van der Waals surface area contributed by atoms with Crippen LogP contribution in [0.4, 0.5) is 0 Å². The summed E-state index contributed by atoms with van der Waals surface area (Å²) in [4.78, 5) is 12.5. The van der Waals surface area contributed by atoms with Crippen LogP contribution in [0.25, 0.3) is 10.1 Å². The van der Waals surface area contributed by atoms with Gasteiger partial charge in [0.1, 0.15) is 11.5 Å². The Hall–Kier alpha value is -1.46. The number of rotatable bonds is 9. The molecule has 1 unspecified atom stereocenters. The Balaban J connectivity index is 2.32. The summed E-state index contributed by atoms with van der Waals surface area (Å²) < 4.78 is 29.9. The smallest absolute Gasteiger partial charge is 0.348 e. The Morgan fingerprint density at radius 3 is 2.56 bits per heavy atom. The molecule has 0 radical (unpaired) electrons. The maximum absolute atomic E-state index is 13.0. The van der Waals surface area contributed by atoms with E-state index in [4.69, 9.17) is 13.8 Å². The SMILES string of the molecule is C=CCOC(=O)c1cc2cc(C(C)P(=O)(OCC)OCC)ccc2s1. The highest BCUT2D eigenvalue weighted by atomic mass is 32.1. The summed E-state index contributed by atoms with van der Waals surface area (Å²) in [7, 11) is -3.24. The Bertz CT molecular complexity index is 788. The fourth-order valence-corrected chi connectivity index (χ4v) is 5.14. The number of esters is 1. The molecule has 0 bridgehead atoms. The molecule has 5 nitrogen and oxygen atoms in total. The number of benzene rings is 1. The van der Waals surface area contributed by atoms with Gasteiger partial charge >= 0.3 is 13.6 Å². The van der Waals surface area contributed by atoms with Crippen molar-refractivity contribution in [2.45, 2.75) is 26.4 Å². The van der Waals surface area contributed by atoms with Crippen molar-refractivity contribution in [3.05, 3.63) is 47.4 Å². The van der Waals surface area contributed by atoms with Gasteiger partial charge in [-0.25, -0.2) is 4.79 Å². The predicted octanol–water partition coefficient (Wildman–Crippen LogP) is 5.57. The van der Waals surface area contributed by atoms with E-state index in [1.807, 2.05) is 25.1 Å². The summed E-state index contributed by atoms with van der Waals surface area (Å²) >= 11 is 1.36. The molecule has 25 heavy (non-hydrogen) atoms. The topological polar surface area (TPSA) is 61.8 Å². The van der Waals surface area contributed by atoms with Crippen LogP contribution in [0.2, 0.25) is 0 Å². The summed E-state index contributed by atoms with van der Waals surface area (Å²) in [5, 5.41) is 0.902. The van der Waals surface area contributed by atoms with Gasteiger partial charge in [-0.05, 0) is 49.9 Å². The van der Waals surface area contributed by atoms with Crippen molar-refractivity contribution in [2.24, 2.45) is 0 Å². The molecule has 0 aliphatic heterocycles. The van der Waals surface area contributed by atoms with Gasteiger partial charge < -0.3 is 13.8 Å². The minimum Gasteiger partial charge on any atom is -0.457 e. The molecule has 136 valence electrons. The average Bonchev–Trinajstić information content (AvgIpc) is 3.02. The first-order valence-electron chi connectivity index (χ1n) is 8.15. The summed E-state index contributed by atoms with van der Waals surface area (Å²) in [6, 6.07) is 7.52.